The molecule has 3 aromatic heterocycles. The number of thiophene rings is 2. The maximum atomic E-state index is 12.8. The van der Waals surface area contributed by atoms with Crippen molar-refractivity contribution in [3.63, 3.8) is 0 Å². The molecule has 128 valence electrons. The number of para-hydroxylation sites is 1. The van der Waals surface area contributed by atoms with E-state index in [1.54, 1.807) is 22.7 Å². The molecule has 0 aliphatic rings. The standard InChI is InChI=1S/C21H16N2OS2/c1-14-15(10-11-18(22-14)20-9-5-13-26-20)21(24)23-17-7-3-2-6-16(17)19-8-4-12-25-19/h2-13H,1H3,(H,23,24). The van der Waals surface area contributed by atoms with Gasteiger partial charge < -0.3 is 5.32 Å². The number of nitrogens with one attached hydrogen (secondary N) is 1. The van der Waals surface area contributed by atoms with E-state index in [4.69, 9.17) is 0 Å². The van der Waals surface area contributed by atoms with Gasteiger partial charge in [0.25, 0.3) is 5.91 Å². The summed E-state index contributed by atoms with van der Waals surface area (Å²) in [5, 5.41) is 7.10. The van der Waals surface area contributed by atoms with Gasteiger partial charge in [-0.1, -0.05) is 30.3 Å². The minimum atomic E-state index is -0.142. The second-order valence-corrected chi connectivity index (χ2v) is 7.68. The van der Waals surface area contributed by atoms with Crippen LogP contribution in [0.3, 0.4) is 0 Å². The molecule has 3 nitrogen and oxygen atoms in total. The summed E-state index contributed by atoms with van der Waals surface area (Å²) in [5.41, 5.74) is 4.04. The Morgan fingerprint density at radius 3 is 2.31 bits per heavy atom. The molecule has 0 aliphatic carbocycles. The van der Waals surface area contributed by atoms with Gasteiger partial charge in [-0.2, -0.15) is 0 Å². The topological polar surface area (TPSA) is 42.0 Å². The van der Waals surface area contributed by atoms with Gasteiger partial charge in [0.05, 0.1) is 21.8 Å². The van der Waals surface area contributed by atoms with Gasteiger partial charge in [0.2, 0.25) is 0 Å². The van der Waals surface area contributed by atoms with Crippen molar-refractivity contribution >= 4 is 34.3 Å². The lowest BCUT2D eigenvalue weighted by Crippen LogP contribution is -2.14. The molecule has 4 aromatic rings. The molecule has 26 heavy (non-hydrogen) atoms. The van der Waals surface area contributed by atoms with Crippen LogP contribution in [0.5, 0.6) is 0 Å². The number of aryl methyl sites for hydroxylation is 1. The number of benzene rings is 1. The number of aromatic nitrogens is 1. The molecular formula is C21H16N2OS2. The van der Waals surface area contributed by atoms with E-state index in [0.29, 0.717) is 5.56 Å². The first-order chi connectivity index (χ1) is 12.7. The summed E-state index contributed by atoms with van der Waals surface area (Å²) >= 11 is 3.29. The van der Waals surface area contributed by atoms with Gasteiger partial charge in [-0.15, -0.1) is 22.7 Å². The number of anilines is 1. The van der Waals surface area contributed by atoms with E-state index < -0.39 is 0 Å². The number of rotatable bonds is 4. The molecule has 1 N–H and O–H groups in total. The lowest BCUT2D eigenvalue weighted by molar-refractivity contribution is 0.102. The van der Waals surface area contributed by atoms with E-state index >= 15 is 0 Å². The smallest absolute Gasteiger partial charge is 0.257 e. The molecule has 0 bridgehead atoms. The number of hydrogen-bond acceptors (Lipinski definition) is 4. The van der Waals surface area contributed by atoms with Crippen molar-refractivity contribution in [2.45, 2.75) is 6.92 Å². The first kappa shape index (κ1) is 16.7. The molecule has 0 saturated carbocycles. The Labute approximate surface area is 160 Å². The average molecular weight is 377 g/mol. The maximum Gasteiger partial charge on any atom is 0.257 e. The molecule has 0 spiro atoms. The van der Waals surface area contributed by atoms with Crippen molar-refractivity contribution < 1.29 is 4.79 Å². The maximum absolute atomic E-state index is 12.8. The summed E-state index contributed by atoms with van der Waals surface area (Å²) in [6, 6.07) is 19.7. The Balaban J connectivity index is 1.62. The van der Waals surface area contributed by atoms with Gasteiger partial charge in [0.1, 0.15) is 0 Å². The van der Waals surface area contributed by atoms with Gasteiger partial charge in [0, 0.05) is 16.1 Å². The summed E-state index contributed by atoms with van der Waals surface area (Å²) < 4.78 is 0. The average Bonchev–Trinajstić information content (AvgIpc) is 3.36. The van der Waals surface area contributed by atoms with Crippen LogP contribution in [0.25, 0.3) is 21.0 Å². The third-order valence-corrected chi connectivity index (χ3v) is 5.86. The number of pyridine rings is 1. The van der Waals surface area contributed by atoms with E-state index in [1.807, 2.05) is 72.3 Å². The van der Waals surface area contributed by atoms with E-state index in [2.05, 4.69) is 16.4 Å². The van der Waals surface area contributed by atoms with Gasteiger partial charge >= 0.3 is 0 Å². The molecule has 0 atom stereocenters. The lowest BCUT2D eigenvalue weighted by atomic mass is 10.1. The monoisotopic (exact) mass is 376 g/mol. The summed E-state index contributed by atoms with van der Waals surface area (Å²) in [7, 11) is 0. The third kappa shape index (κ3) is 3.31. The van der Waals surface area contributed by atoms with Crippen molar-refractivity contribution in [3.8, 4) is 21.0 Å². The fourth-order valence-electron chi connectivity index (χ4n) is 2.79. The van der Waals surface area contributed by atoms with Crippen LogP contribution in [-0.2, 0) is 0 Å². The van der Waals surface area contributed by atoms with Crippen LogP contribution in [-0.4, -0.2) is 10.9 Å². The Kier molecular flexibility index (Phi) is 4.65. The van der Waals surface area contributed by atoms with Crippen LogP contribution in [0.2, 0.25) is 0 Å². The van der Waals surface area contributed by atoms with Crippen LogP contribution in [0.1, 0.15) is 16.1 Å². The summed E-state index contributed by atoms with van der Waals surface area (Å²) in [4.78, 5) is 19.6. The Morgan fingerprint density at radius 2 is 1.62 bits per heavy atom. The van der Waals surface area contributed by atoms with Gasteiger partial charge in [-0.25, -0.2) is 0 Å². The predicted octanol–water partition coefficient (Wildman–Crippen LogP) is 6.10. The zero-order valence-electron chi connectivity index (χ0n) is 14.1. The molecule has 1 aromatic carbocycles. The number of nitrogens with zero attached hydrogens (tertiary/aromatic N) is 1. The fraction of sp³-hybridized carbons (Fsp3) is 0.0476. The zero-order chi connectivity index (χ0) is 17.9. The van der Waals surface area contributed by atoms with E-state index in [-0.39, 0.29) is 5.91 Å². The van der Waals surface area contributed by atoms with Crippen molar-refractivity contribution in [2.24, 2.45) is 0 Å². The molecule has 5 heteroatoms. The highest BCUT2D eigenvalue weighted by Gasteiger charge is 2.14. The number of carbonyl (C=O) groups excluding carboxylic acids is 1. The van der Waals surface area contributed by atoms with Crippen LogP contribution >= 0.6 is 22.7 Å². The number of amides is 1. The predicted molar refractivity (Wildman–Crippen MR) is 110 cm³/mol. The van der Waals surface area contributed by atoms with E-state index in [9.17, 15) is 4.79 Å². The molecular weight excluding hydrogens is 360 g/mol. The molecule has 0 radical (unpaired) electrons. The zero-order valence-corrected chi connectivity index (χ0v) is 15.7. The number of hydrogen-bond donors (Lipinski definition) is 1. The SMILES string of the molecule is Cc1nc(-c2cccs2)ccc1C(=O)Nc1ccccc1-c1cccs1. The molecule has 3 heterocycles. The van der Waals surface area contributed by atoms with Crippen LogP contribution in [0.15, 0.2) is 71.4 Å². The minimum absolute atomic E-state index is 0.142. The van der Waals surface area contributed by atoms with Crippen molar-refractivity contribution in [1.29, 1.82) is 0 Å². The van der Waals surface area contributed by atoms with Crippen LogP contribution in [0, 0.1) is 6.92 Å². The lowest BCUT2D eigenvalue weighted by Gasteiger charge is -2.11. The second-order valence-electron chi connectivity index (χ2n) is 5.78. The van der Waals surface area contributed by atoms with E-state index in [1.165, 1.54) is 0 Å². The fourth-order valence-corrected chi connectivity index (χ4v) is 4.25. The van der Waals surface area contributed by atoms with Crippen LogP contribution in [0.4, 0.5) is 5.69 Å². The Morgan fingerprint density at radius 1 is 0.885 bits per heavy atom. The Bertz CT molecular complexity index is 1040. The van der Waals surface area contributed by atoms with Crippen molar-refractivity contribution in [3.05, 3.63) is 82.7 Å². The van der Waals surface area contributed by atoms with Gasteiger partial charge in [-0.3, -0.25) is 9.78 Å². The highest BCUT2D eigenvalue weighted by Crippen LogP contribution is 2.32. The second kappa shape index (κ2) is 7.23. The summed E-state index contributed by atoms with van der Waals surface area (Å²) in [6.07, 6.45) is 0. The van der Waals surface area contributed by atoms with Crippen molar-refractivity contribution in [1.82, 2.24) is 4.98 Å². The molecule has 0 saturated heterocycles. The molecule has 0 fully saturated rings. The first-order valence-corrected chi connectivity index (χ1v) is 9.94. The van der Waals surface area contributed by atoms with Gasteiger partial charge in [0.15, 0.2) is 0 Å². The minimum Gasteiger partial charge on any atom is -0.321 e. The summed E-state index contributed by atoms with van der Waals surface area (Å²) in [5.74, 6) is -0.142. The quantitative estimate of drug-likeness (QED) is 0.467. The molecule has 0 unspecified atom stereocenters. The highest BCUT2D eigenvalue weighted by atomic mass is 32.1. The summed E-state index contributed by atoms with van der Waals surface area (Å²) in [6.45, 7) is 1.87. The van der Waals surface area contributed by atoms with E-state index in [0.717, 1.165) is 32.4 Å². The largest absolute Gasteiger partial charge is 0.321 e. The molecule has 4 rings (SSSR count). The first-order valence-electron chi connectivity index (χ1n) is 8.18. The normalized spacial score (nSPS) is 10.7. The molecule has 1 amide bonds. The van der Waals surface area contributed by atoms with Crippen molar-refractivity contribution in [2.75, 3.05) is 5.32 Å². The Hall–Kier alpha value is -2.76. The number of carbonyl (C=O) groups is 1. The van der Waals surface area contributed by atoms with Crippen LogP contribution < -0.4 is 5.32 Å². The third-order valence-electron chi connectivity index (χ3n) is 4.07. The molecule has 0 aliphatic heterocycles. The van der Waals surface area contributed by atoms with Gasteiger partial charge in [-0.05, 0) is 48.0 Å². The highest BCUT2D eigenvalue weighted by molar-refractivity contribution is 7.13.